The Morgan fingerprint density at radius 2 is 2.32 bits per heavy atom. The maximum absolute atomic E-state index is 5.71. The maximum atomic E-state index is 5.71. The Bertz CT molecular complexity index is 502. The van der Waals surface area contributed by atoms with Crippen LogP contribution in [0.4, 0.5) is 0 Å². The van der Waals surface area contributed by atoms with Gasteiger partial charge in [-0.25, -0.2) is 9.98 Å². The zero-order valence-corrected chi connectivity index (χ0v) is 15.3. The topological polar surface area (TPSA) is 77.0 Å². The summed E-state index contributed by atoms with van der Waals surface area (Å²) in [5.74, 6) is 1.99. The van der Waals surface area contributed by atoms with E-state index >= 15 is 0 Å². The molecule has 0 radical (unpaired) electrons. The predicted molar refractivity (Wildman–Crippen MR) is 98.0 cm³/mol. The maximum Gasteiger partial charge on any atom is 0.212 e. The highest BCUT2D eigenvalue weighted by atomic mass is 16.5. The van der Waals surface area contributed by atoms with Crippen LogP contribution in [0.15, 0.2) is 23.3 Å². The van der Waals surface area contributed by atoms with E-state index < -0.39 is 0 Å². The van der Waals surface area contributed by atoms with E-state index in [4.69, 9.17) is 14.2 Å². The number of hydrogen-bond donors (Lipinski definition) is 2. The smallest absolute Gasteiger partial charge is 0.212 e. The van der Waals surface area contributed by atoms with Crippen LogP contribution in [-0.4, -0.2) is 57.6 Å². The molecule has 1 saturated heterocycles. The van der Waals surface area contributed by atoms with Crippen LogP contribution in [0.5, 0.6) is 5.88 Å². The minimum absolute atomic E-state index is 0.574. The lowest BCUT2D eigenvalue weighted by Crippen LogP contribution is -2.38. The fourth-order valence-electron chi connectivity index (χ4n) is 2.48. The molecule has 1 aliphatic heterocycles. The van der Waals surface area contributed by atoms with E-state index in [0.29, 0.717) is 18.3 Å². The zero-order chi connectivity index (χ0) is 17.7. The number of ether oxygens (including phenoxy) is 3. The molecule has 1 unspecified atom stereocenters. The van der Waals surface area contributed by atoms with Gasteiger partial charge in [0.05, 0.1) is 26.9 Å². The Hall–Kier alpha value is -1.86. The van der Waals surface area contributed by atoms with E-state index in [1.807, 2.05) is 12.1 Å². The molecule has 0 aliphatic carbocycles. The molecule has 2 N–H and O–H groups in total. The van der Waals surface area contributed by atoms with Gasteiger partial charge >= 0.3 is 0 Å². The van der Waals surface area contributed by atoms with Gasteiger partial charge in [-0.15, -0.1) is 0 Å². The van der Waals surface area contributed by atoms with Gasteiger partial charge in [-0.05, 0) is 25.3 Å². The monoisotopic (exact) mass is 350 g/mol. The highest BCUT2D eigenvalue weighted by molar-refractivity contribution is 5.79. The first-order chi connectivity index (χ1) is 12.3. The summed E-state index contributed by atoms with van der Waals surface area (Å²) in [7, 11) is 1.61. The first-order valence-corrected chi connectivity index (χ1v) is 8.98. The van der Waals surface area contributed by atoms with Gasteiger partial charge in [0.25, 0.3) is 0 Å². The Labute approximate surface area is 150 Å². The van der Waals surface area contributed by atoms with Crippen LogP contribution in [0.1, 0.15) is 25.3 Å². The van der Waals surface area contributed by atoms with Crippen molar-refractivity contribution < 1.29 is 14.2 Å². The summed E-state index contributed by atoms with van der Waals surface area (Å²) in [4.78, 5) is 8.77. The van der Waals surface area contributed by atoms with Crippen LogP contribution >= 0.6 is 0 Å². The molecule has 0 saturated carbocycles. The third-order valence-electron chi connectivity index (χ3n) is 3.91. The molecule has 1 atom stereocenters. The predicted octanol–water partition coefficient (Wildman–Crippen LogP) is 1.59. The molecule has 2 heterocycles. The molecule has 25 heavy (non-hydrogen) atoms. The van der Waals surface area contributed by atoms with E-state index in [9.17, 15) is 0 Å². The lowest BCUT2D eigenvalue weighted by Gasteiger charge is -2.12. The summed E-state index contributed by atoms with van der Waals surface area (Å²) in [6.07, 6.45) is 3.85. The minimum atomic E-state index is 0.574. The summed E-state index contributed by atoms with van der Waals surface area (Å²) >= 11 is 0. The molecular formula is C18H30N4O3. The molecule has 1 aromatic heterocycles. The second kappa shape index (κ2) is 11.7. The molecule has 0 aromatic carbocycles. The average molecular weight is 350 g/mol. The van der Waals surface area contributed by atoms with Crippen molar-refractivity contribution in [2.75, 3.05) is 46.6 Å². The SMILES string of the molecule is CCNC(=NCc1ccc(OC)nc1)NCCCOCC1CCOC1. The standard InChI is InChI=1S/C18H30N4O3/c1-3-19-18(22-12-15-5-6-17(23-2)21-11-15)20-8-4-9-24-13-16-7-10-25-14-16/h5-6,11,16H,3-4,7-10,12-14H2,1-2H3,(H2,19,20,22). The van der Waals surface area contributed by atoms with E-state index in [-0.39, 0.29) is 0 Å². The van der Waals surface area contributed by atoms with Crippen molar-refractivity contribution in [3.8, 4) is 5.88 Å². The molecule has 140 valence electrons. The third kappa shape index (κ3) is 7.70. The molecule has 0 spiro atoms. The van der Waals surface area contributed by atoms with Crippen molar-refractivity contribution in [2.24, 2.45) is 10.9 Å². The van der Waals surface area contributed by atoms with Crippen LogP contribution in [0.25, 0.3) is 0 Å². The average Bonchev–Trinajstić information content (AvgIpc) is 3.16. The number of nitrogens with one attached hydrogen (secondary N) is 2. The second-order valence-electron chi connectivity index (χ2n) is 5.99. The lowest BCUT2D eigenvalue weighted by molar-refractivity contribution is 0.0888. The Morgan fingerprint density at radius 3 is 3.00 bits per heavy atom. The highest BCUT2D eigenvalue weighted by Gasteiger charge is 2.15. The molecule has 1 aliphatic rings. The van der Waals surface area contributed by atoms with Crippen LogP contribution in [0.2, 0.25) is 0 Å². The first-order valence-electron chi connectivity index (χ1n) is 8.98. The largest absolute Gasteiger partial charge is 0.481 e. The van der Waals surface area contributed by atoms with Crippen molar-refractivity contribution in [2.45, 2.75) is 26.3 Å². The number of pyridine rings is 1. The number of aromatic nitrogens is 1. The summed E-state index contributed by atoms with van der Waals surface area (Å²) in [6, 6.07) is 3.82. The van der Waals surface area contributed by atoms with Crippen molar-refractivity contribution in [3.63, 3.8) is 0 Å². The minimum Gasteiger partial charge on any atom is -0.481 e. The summed E-state index contributed by atoms with van der Waals surface area (Å²) in [5.41, 5.74) is 1.04. The van der Waals surface area contributed by atoms with Crippen molar-refractivity contribution >= 4 is 5.96 Å². The Morgan fingerprint density at radius 1 is 1.40 bits per heavy atom. The van der Waals surface area contributed by atoms with Crippen molar-refractivity contribution in [3.05, 3.63) is 23.9 Å². The zero-order valence-electron chi connectivity index (χ0n) is 15.3. The van der Waals surface area contributed by atoms with Gasteiger partial charge < -0.3 is 24.8 Å². The summed E-state index contributed by atoms with van der Waals surface area (Å²) < 4.78 is 16.1. The molecule has 7 heteroatoms. The lowest BCUT2D eigenvalue weighted by atomic mass is 10.1. The second-order valence-corrected chi connectivity index (χ2v) is 5.99. The molecule has 0 bridgehead atoms. The number of nitrogens with zero attached hydrogens (tertiary/aromatic N) is 2. The number of aliphatic imine (C=N–C) groups is 1. The number of methoxy groups -OCH3 is 1. The fourth-order valence-corrected chi connectivity index (χ4v) is 2.48. The van der Waals surface area contributed by atoms with Gasteiger partial charge in [-0.3, -0.25) is 0 Å². The van der Waals surface area contributed by atoms with Gasteiger partial charge in [0, 0.05) is 44.5 Å². The van der Waals surface area contributed by atoms with Gasteiger partial charge in [-0.1, -0.05) is 6.07 Å². The number of hydrogen-bond acceptors (Lipinski definition) is 5. The van der Waals surface area contributed by atoms with E-state index in [2.05, 4.69) is 27.5 Å². The van der Waals surface area contributed by atoms with Gasteiger partial charge in [0.2, 0.25) is 5.88 Å². The molecule has 1 fully saturated rings. The summed E-state index contributed by atoms with van der Waals surface area (Å²) in [5, 5.41) is 6.58. The van der Waals surface area contributed by atoms with Gasteiger partial charge in [0.1, 0.15) is 0 Å². The normalized spacial score (nSPS) is 17.5. The Kier molecular flexibility index (Phi) is 9.07. The fraction of sp³-hybridized carbons (Fsp3) is 0.667. The summed E-state index contributed by atoms with van der Waals surface area (Å²) in [6.45, 7) is 7.56. The van der Waals surface area contributed by atoms with E-state index in [1.54, 1.807) is 13.3 Å². The van der Waals surface area contributed by atoms with Gasteiger partial charge in [-0.2, -0.15) is 0 Å². The third-order valence-corrected chi connectivity index (χ3v) is 3.91. The van der Waals surface area contributed by atoms with E-state index in [0.717, 1.165) is 63.9 Å². The molecule has 2 rings (SSSR count). The number of guanidine groups is 1. The van der Waals surface area contributed by atoms with Crippen molar-refractivity contribution in [1.82, 2.24) is 15.6 Å². The van der Waals surface area contributed by atoms with Crippen LogP contribution in [0, 0.1) is 5.92 Å². The molecule has 0 amide bonds. The van der Waals surface area contributed by atoms with Crippen molar-refractivity contribution in [1.29, 1.82) is 0 Å². The quantitative estimate of drug-likeness (QED) is 0.379. The van der Waals surface area contributed by atoms with Crippen LogP contribution in [-0.2, 0) is 16.0 Å². The number of rotatable bonds is 10. The Balaban J connectivity index is 1.64. The van der Waals surface area contributed by atoms with Crippen LogP contribution in [0.3, 0.4) is 0 Å². The van der Waals surface area contributed by atoms with Gasteiger partial charge in [0.15, 0.2) is 5.96 Å². The molecule has 1 aromatic rings. The first kappa shape index (κ1) is 19.5. The van der Waals surface area contributed by atoms with E-state index in [1.165, 1.54) is 0 Å². The van der Waals surface area contributed by atoms with Crippen LogP contribution < -0.4 is 15.4 Å². The highest BCUT2D eigenvalue weighted by Crippen LogP contribution is 2.12. The molecular weight excluding hydrogens is 320 g/mol. The molecule has 7 nitrogen and oxygen atoms in total.